The molecule has 0 spiro atoms. The minimum Gasteiger partial charge on any atom is -0.388 e. The van der Waals surface area contributed by atoms with Crippen LogP contribution < -0.4 is 0 Å². The molecule has 80 valence electrons. The van der Waals surface area contributed by atoms with E-state index < -0.39 is 18.3 Å². The van der Waals surface area contributed by atoms with E-state index in [-0.39, 0.29) is 5.82 Å². The molecule has 0 aliphatic heterocycles. The first-order valence-electron chi connectivity index (χ1n) is 4.16. The maximum atomic E-state index is 12.4. The van der Waals surface area contributed by atoms with Gasteiger partial charge in [0.2, 0.25) is 0 Å². The topological polar surface area (TPSA) is 37.5 Å². The Morgan fingerprint density at radius 1 is 1.33 bits per heavy atom. The summed E-state index contributed by atoms with van der Waals surface area (Å²) in [5.74, 6) is 0.191. The minimum atomic E-state index is -4.38. The van der Waals surface area contributed by atoms with Gasteiger partial charge in [-0.15, -0.1) is 0 Å². The Morgan fingerprint density at radius 3 is 2.67 bits per heavy atom. The average Bonchev–Trinajstić information content (AvgIpc) is 2.57. The Labute approximate surface area is 82.8 Å². The molecular formula is C9H7F3N2O. The third kappa shape index (κ3) is 1.68. The molecule has 6 heteroatoms. The molecular weight excluding hydrogens is 209 g/mol. The highest BCUT2D eigenvalue weighted by molar-refractivity contribution is 5.47. The van der Waals surface area contributed by atoms with Gasteiger partial charge in [0.1, 0.15) is 12.4 Å². The maximum absolute atomic E-state index is 12.4. The number of fused-ring (bicyclic) bond motifs is 1. The summed E-state index contributed by atoms with van der Waals surface area (Å²) in [6, 6.07) is 2.30. The van der Waals surface area contributed by atoms with Crippen LogP contribution in [0.25, 0.3) is 5.52 Å². The molecule has 0 unspecified atom stereocenters. The first-order valence-corrected chi connectivity index (χ1v) is 4.16. The van der Waals surface area contributed by atoms with Gasteiger partial charge in [-0.05, 0) is 12.1 Å². The molecule has 2 aromatic rings. The fourth-order valence-electron chi connectivity index (χ4n) is 1.33. The van der Waals surface area contributed by atoms with Crippen LogP contribution in [0.2, 0.25) is 0 Å². The van der Waals surface area contributed by atoms with E-state index in [1.54, 1.807) is 0 Å². The van der Waals surface area contributed by atoms with E-state index in [1.165, 1.54) is 16.7 Å². The molecule has 0 amide bonds. The van der Waals surface area contributed by atoms with Crippen molar-refractivity contribution in [2.24, 2.45) is 0 Å². The number of aromatic nitrogens is 2. The van der Waals surface area contributed by atoms with Crippen LogP contribution in [0.5, 0.6) is 0 Å². The molecule has 3 nitrogen and oxygen atoms in total. The van der Waals surface area contributed by atoms with Crippen LogP contribution in [-0.2, 0) is 12.8 Å². The van der Waals surface area contributed by atoms with Crippen molar-refractivity contribution in [1.82, 2.24) is 9.38 Å². The summed E-state index contributed by atoms with van der Waals surface area (Å²) in [5.41, 5.74) is -0.241. The van der Waals surface area contributed by atoms with Crippen LogP contribution in [0.4, 0.5) is 13.2 Å². The zero-order chi connectivity index (χ0) is 11.1. The predicted molar refractivity (Wildman–Crippen MR) is 46.1 cm³/mol. The van der Waals surface area contributed by atoms with Gasteiger partial charge < -0.3 is 9.51 Å². The van der Waals surface area contributed by atoms with Crippen molar-refractivity contribution in [3.63, 3.8) is 0 Å². The number of hydrogen-bond acceptors (Lipinski definition) is 2. The van der Waals surface area contributed by atoms with Crippen LogP contribution in [0.3, 0.4) is 0 Å². The molecule has 0 atom stereocenters. The number of aliphatic hydroxyl groups is 1. The van der Waals surface area contributed by atoms with Gasteiger partial charge in [0.25, 0.3) is 0 Å². The van der Waals surface area contributed by atoms with E-state index in [4.69, 9.17) is 5.11 Å². The molecule has 2 rings (SSSR count). The summed E-state index contributed by atoms with van der Waals surface area (Å²) < 4.78 is 38.3. The van der Waals surface area contributed by atoms with Crippen LogP contribution in [0, 0.1) is 0 Å². The van der Waals surface area contributed by atoms with Crippen LogP contribution in [-0.4, -0.2) is 14.5 Å². The quantitative estimate of drug-likeness (QED) is 0.789. The van der Waals surface area contributed by atoms with E-state index in [0.717, 1.165) is 12.3 Å². The number of halogens is 3. The zero-order valence-corrected chi connectivity index (χ0v) is 7.49. The van der Waals surface area contributed by atoms with Crippen molar-refractivity contribution in [2.45, 2.75) is 12.8 Å². The standard InChI is InChI=1S/C9H7F3N2O/c10-9(11,12)6-1-2-7-3-13-8(5-15)14(7)4-6/h1-4,15H,5H2. The number of aliphatic hydroxyl groups excluding tert-OH is 1. The summed E-state index contributed by atoms with van der Waals surface area (Å²) >= 11 is 0. The van der Waals surface area contributed by atoms with Gasteiger partial charge in [-0.25, -0.2) is 4.98 Å². The molecule has 0 aliphatic rings. The van der Waals surface area contributed by atoms with E-state index in [9.17, 15) is 13.2 Å². The third-order valence-corrected chi connectivity index (χ3v) is 2.07. The van der Waals surface area contributed by atoms with E-state index in [1.807, 2.05) is 0 Å². The molecule has 0 aromatic carbocycles. The van der Waals surface area contributed by atoms with Crippen molar-refractivity contribution >= 4 is 5.52 Å². The normalized spacial score (nSPS) is 12.3. The molecule has 0 fully saturated rings. The summed E-state index contributed by atoms with van der Waals surface area (Å²) in [7, 11) is 0. The highest BCUT2D eigenvalue weighted by Gasteiger charge is 2.30. The van der Waals surface area contributed by atoms with Crippen molar-refractivity contribution < 1.29 is 18.3 Å². The van der Waals surface area contributed by atoms with E-state index in [2.05, 4.69) is 4.98 Å². The van der Waals surface area contributed by atoms with Gasteiger partial charge in [0, 0.05) is 6.20 Å². The van der Waals surface area contributed by atoms with Crippen molar-refractivity contribution in [3.05, 3.63) is 35.9 Å². The van der Waals surface area contributed by atoms with Gasteiger partial charge in [0.15, 0.2) is 0 Å². The summed E-state index contributed by atoms with van der Waals surface area (Å²) in [6.45, 7) is -0.393. The lowest BCUT2D eigenvalue weighted by molar-refractivity contribution is -0.137. The van der Waals surface area contributed by atoms with Crippen molar-refractivity contribution in [2.75, 3.05) is 0 Å². The number of imidazole rings is 1. The predicted octanol–water partition coefficient (Wildman–Crippen LogP) is 1.85. The highest BCUT2D eigenvalue weighted by Crippen LogP contribution is 2.29. The molecule has 0 bridgehead atoms. The van der Waals surface area contributed by atoms with Gasteiger partial charge in [0.05, 0.1) is 17.3 Å². The Balaban J connectivity index is 2.63. The van der Waals surface area contributed by atoms with E-state index in [0.29, 0.717) is 5.52 Å². The lowest BCUT2D eigenvalue weighted by Gasteiger charge is -2.07. The largest absolute Gasteiger partial charge is 0.417 e. The Morgan fingerprint density at radius 2 is 2.07 bits per heavy atom. The van der Waals surface area contributed by atoms with Crippen molar-refractivity contribution in [3.8, 4) is 0 Å². The molecule has 2 aromatic heterocycles. The van der Waals surface area contributed by atoms with Crippen LogP contribution in [0.15, 0.2) is 24.5 Å². The Kier molecular flexibility index (Phi) is 2.15. The second kappa shape index (κ2) is 3.23. The maximum Gasteiger partial charge on any atom is 0.417 e. The lowest BCUT2D eigenvalue weighted by atomic mass is 10.2. The molecule has 0 radical (unpaired) electrons. The van der Waals surface area contributed by atoms with Crippen LogP contribution >= 0.6 is 0 Å². The number of rotatable bonds is 1. The molecule has 0 saturated carbocycles. The van der Waals surface area contributed by atoms with Gasteiger partial charge in [-0.1, -0.05) is 0 Å². The molecule has 2 heterocycles. The third-order valence-electron chi connectivity index (χ3n) is 2.07. The minimum absolute atomic E-state index is 0.191. The molecule has 0 aliphatic carbocycles. The fourth-order valence-corrected chi connectivity index (χ4v) is 1.33. The molecule has 15 heavy (non-hydrogen) atoms. The Hall–Kier alpha value is -1.56. The number of pyridine rings is 1. The smallest absolute Gasteiger partial charge is 0.388 e. The zero-order valence-electron chi connectivity index (χ0n) is 7.49. The first-order chi connectivity index (χ1) is 7.02. The van der Waals surface area contributed by atoms with Gasteiger partial charge in [-0.2, -0.15) is 13.2 Å². The van der Waals surface area contributed by atoms with E-state index >= 15 is 0 Å². The Bertz CT molecular complexity index is 490. The average molecular weight is 216 g/mol. The lowest BCUT2D eigenvalue weighted by Crippen LogP contribution is -2.07. The second-order valence-electron chi connectivity index (χ2n) is 3.04. The molecule has 0 saturated heterocycles. The number of hydrogen-bond donors (Lipinski definition) is 1. The monoisotopic (exact) mass is 216 g/mol. The summed E-state index contributed by atoms with van der Waals surface area (Å²) in [4.78, 5) is 3.78. The van der Waals surface area contributed by atoms with Crippen LogP contribution in [0.1, 0.15) is 11.4 Å². The summed E-state index contributed by atoms with van der Waals surface area (Å²) in [5, 5.41) is 8.85. The summed E-state index contributed by atoms with van der Waals surface area (Å²) in [6.07, 6.45) is -2.05. The number of alkyl halides is 3. The SMILES string of the molecule is OCc1ncc2ccc(C(F)(F)F)cn12. The van der Waals surface area contributed by atoms with Gasteiger partial charge >= 0.3 is 6.18 Å². The fraction of sp³-hybridized carbons (Fsp3) is 0.222. The highest BCUT2D eigenvalue weighted by atomic mass is 19.4. The van der Waals surface area contributed by atoms with Gasteiger partial charge in [-0.3, -0.25) is 0 Å². The number of nitrogens with zero attached hydrogens (tertiary/aromatic N) is 2. The second-order valence-corrected chi connectivity index (χ2v) is 3.04. The molecule has 1 N–H and O–H groups in total. The first kappa shape index (κ1) is 9.97. The van der Waals surface area contributed by atoms with Crippen molar-refractivity contribution in [1.29, 1.82) is 0 Å².